The van der Waals surface area contributed by atoms with Crippen molar-refractivity contribution in [3.63, 3.8) is 0 Å². The number of piperazine rings is 1. The Hall–Kier alpha value is -3.09. The molecule has 0 radical (unpaired) electrons. The molecular formula is C20H24N6O. The maximum atomic E-state index is 12.1. The van der Waals surface area contributed by atoms with Gasteiger partial charge < -0.3 is 20.1 Å². The van der Waals surface area contributed by atoms with Crippen molar-refractivity contribution >= 4 is 22.9 Å². The molecule has 0 unspecified atom stereocenters. The molecular weight excluding hydrogens is 340 g/mol. The van der Waals surface area contributed by atoms with Crippen molar-refractivity contribution in [2.24, 2.45) is 0 Å². The van der Waals surface area contributed by atoms with E-state index in [1.165, 1.54) is 0 Å². The highest BCUT2D eigenvalue weighted by molar-refractivity contribution is 5.92. The molecule has 0 spiro atoms. The molecule has 1 fully saturated rings. The number of fused-ring (bicyclic) bond motifs is 1. The number of nitrogens with zero attached hydrogens (tertiary/aromatic N) is 4. The third-order valence-corrected chi connectivity index (χ3v) is 4.88. The molecule has 0 bridgehead atoms. The monoisotopic (exact) mass is 364 g/mol. The van der Waals surface area contributed by atoms with Crippen LogP contribution < -0.4 is 10.2 Å². The Bertz CT molecular complexity index is 915. The molecule has 1 aliphatic rings. The number of aromatic amines is 1. The molecule has 1 saturated heterocycles. The van der Waals surface area contributed by atoms with Crippen LogP contribution in [0.4, 0.5) is 10.6 Å². The summed E-state index contributed by atoms with van der Waals surface area (Å²) in [5.41, 5.74) is 2.99. The molecule has 1 aromatic carbocycles. The van der Waals surface area contributed by atoms with Crippen molar-refractivity contribution in [2.75, 3.05) is 37.6 Å². The van der Waals surface area contributed by atoms with Crippen molar-refractivity contribution in [3.8, 4) is 11.3 Å². The summed E-state index contributed by atoms with van der Waals surface area (Å²) < 4.78 is 0. The van der Waals surface area contributed by atoms with E-state index < -0.39 is 0 Å². The summed E-state index contributed by atoms with van der Waals surface area (Å²) in [4.78, 5) is 28.6. The van der Waals surface area contributed by atoms with Gasteiger partial charge in [-0.1, -0.05) is 37.3 Å². The normalized spacial score (nSPS) is 14.6. The van der Waals surface area contributed by atoms with Crippen LogP contribution >= 0.6 is 0 Å². The summed E-state index contributed by atoms with van der Waals surface area (Å²) in [6, 6.07) is 12.3. The number of hydrogen-bond acceptors (Lipinski definition) is 4. The first-order valence-corrected chi connectivity index (χ1v) is 9.43. The Morgan fingerprint density at radius 1 is 1.15 bits per heavy atom. The first kappa shape index (κ1) is 17.3. The lowest BCUT2D eigenvalue weighted by Crippen LogP contribution is -2.52. The zero-order valence-corrected chi connectivity index (χ0v) is 15.5. The summed E-state index contributed by atoms with van der Waals surface area (Å²) in [7, 11) is 0. The minimum absolute atomic E-state index is 0.0253. The average Bonchev–Trinajstić information content (AvgIpc) is 3.17. The summed E-state index contributed by atoms with van der Waals surface area (Å²) in [6.07, 6.45) is 2.55. The van der Waals surface area contributed by atoms with Crippen LogP contribution in [0.25, 0.3) is 22.3 Å². The molecule has 140 valence electrons. The van der Waals surface area contributed by atoms with Crippen LogP contribution in [0.15, 0.2) is 42.7 Å². The van der Waals surface area contributed by atoms with Gasteiger partial charge >= 0.3 is 6.03 Å². The topological polar surface area (TPSA) is 77.2 Å². The third-order valence-electron chi connectivity index (χ3n) is 4.88. The highest BCUT2D eigenvalue weighted by Gasteiger charge is 2.23. The molecule has 2 N–H and O–H groups in total. The largest absolute Gasteiger partial charge is 0.352 e. The number of aromatic nitrogens is 3. The molecule has 27 heavy (non-hydrogen) atoms. The number of amides is 2. The van der Waals surface area contributed by atoms with Gasteiger partial charge in [0.25, 0.3) is 0 Å². The van der Waals surface area contributed by atoms with Crippen LogP contribution in [-0.4, -0.2) is 58.6 Å². The predicted octanol–water partition coefficient (Wildman–Crippen LogP) is 2.87. The fourth-order valence-electron chi connectivity index (χ4n) is 3.42. The van der Waals surface area contributed by atoms with Crippen LogP contribution in [0.5, 0.6) is 0 Å². The number of carbonyl (C=O) groups is 1. The van der Waals surface area contributed by atoms with Gasteiger partial charge in [0.2, 0.25) is 0 Å². The fraction of sp³-hybridized carbons (Fsp3) is 0.350. The van der Waals surface area contributed by atoms with E-state index in [9.17, 15) is 4.79 Å². The molecule has 3 aromatic rings. The Labute approximate surface area is 158 Å². The van der Waals surface area contributed by atoms with Crippen molar-refractivity contribution in [2.45, 2.75) is 13.3 Å². The average molecular weight is 364 g/mol. The van der Waals surface area contributed by atoms with Crippen LogP contribution in [0.1, 0.15) is 13.3 Å². The van der Waals surface area contributed by atoms with E-state index in [0.29, 0.717) is 13.1 Å². The lowest BCUT2D eigenvalue weighted by molar-refractivity contribution is 0.194. The lowest BCUT2D eigenvalue weighted by Gasteiger charge is -2.35. The molecule has 2 amide bonds. The zero-order chi connectivity index (χ0) is 18.6. The maximum Gasteiger partial charge on any atom is 0.317 e. The van der Waals surface area contributed by atoms with Gasteiger partial charge in [-0.25, -0.2) is 14.8 Å². The number of urea groups is 1. The highest BCUT2D eigenvalue weighted by atomic mass is 16.2. The zero-order valence-electron chi connectivity index (χ0n) is 15.5. The van der Waals surface area contributed by atoms with Gasteiger partial charge in [0.1, 0.15) is 17.8 Å². The van der Waals surface area contributed by atoms with Crippen LogP contribution in [0.3, 0.4) is 0 Å². The summed E-state index contributed by atoms with van der Waals surface area (Å²) >= 11 is 0. The molecule has 4 rings (SSSR count). The van der Waals surface area contributed by atoms with Gasteiger partial charge in [0, 0.05) is 38.4 Å². The first-order chi connectivity index (χ1) is 13.3. The minimum atomic E-state index is 0.0253. The number of anilines is 1. The summed E-state index contributed by atoms with van der Waals surface area (Å²) in [5.74, 6) is 0.923. The highest BCUT2D eigenvalue weighted by Crippen LogP contribution is 2.29. The Kier molecular flexibility index (Phi) is 4.91. The van der Waals surface area contributed by atoms with Crippen molar-refractivity contribution in [1.82, 2.24) is 25.2 Å². The molecule has 3 heterocycles. The Balaban J connectivity index is 1.53. The molecule has 7 heteroatoms. The van der Waals surface area contributed by atoms with Gasteiger partial charge in [-0.2, -0.15) is 0 Å². The van der Waals surface area contributed by atoms with Crippen LogP contribution in [0.2, 0.25) is 0 Å². The molecule has 7 nitrogen and oxygen atoms in total. The number of rotatable bonds is 4. The van der Waals surface area contributed by atoms with Crippen LogP contribution in [-0.2, 0) is 0 Å². The van der Waals surface area contributed by atoms with Crippen LogP contribution in [0, 0.1) is 0 Å². The van der Waals surface area contributed by atoms with Crippen molar-refractivity contribution in [1.29, 1.82) is 0 Å². The lowest BCUT2D eigenvalue weighted by atomic mass is 10.1. The maximum absolute atomic E-state index is 12.1. The molecule has 0 atom stereocenters. The second kappa shape index (κ2) is 7.65. The van der Waals surface area contributed by atoms with Gasteiger partial charge in [-0.3, -0.25) is 0 Å². The smallest absolute Gasteiger partial charge is 0.317 e. The quantitative estimate of drug-likeness (QED) is 0.746. The second-order valence-corrected chi connectivity index (χ2v) is 6.71. The van der Waals surface area contributed by atoms with E-state index >= 15 is 0 Å². The number of carbonyl (C=O) groups excluding carboxylic acids is 1. The summed E-state index contributed by atoms with van der Waals surface area (Å²) in [5, 5.41) is 3.96. The first-order valence-electron chi connectivity index (χ1n) is 9.43. The van der Waals surface area contributed by atoms with Gasteiger partial charge in [0.15, 0.2) is 0 Å². The number of benzene rings is 1. The Morgan fingerprint density at radius 3 is 2.67 bits per heavy atom. The van der Waals surface area contributed by atoms with Crippen molar-refractivity contribution < 1.29 is 4.79 Å². The third kappa shape index (κ3) is 3.58. The van der Waals surface area contributed by atoms with E-state index in [1.54, 1.807) is 6.33 Å². The van der Waals surface area contributed by atoms with Gasteiger partial charge in [-0.05, 0) is 18.1 Å². The van der Waals surface area contributed by atoms with E-state index in [1.807, 2.05) is 23.1 Å². The van der Waals surface area contributed by atoms with Gasteiger partial charge in [0.05, 0.1) is 5.39 Å². The van der Waals surface area contributed by atoms with Crippen molar-refractivity contribution in [3.05, 3.63) is 42.7 Å². The number of H-pyrrole nitrogens is 1. The fourth-order valence-corrected chi connectivity index (χ4v) is 3.42. The Morgan fingerprint density at radius 2 is 1.93 bits per heavy atom. The molecule has 0 saturated carbocycles. The SMILES string of the molecule is CCCNC(=O)N1CCN(c2ncnc3[nH]c(-c4ccccc4)cc23)CC1. The van der Waals surface area contributed by atoms with E-state index in [-0.39, 0.29) is 6.03 Å². The predicted molar refractivity (Wildman–Crippen MR) is 107 cm³/mol. The number of nitrogens with one attached hydrogen (secondary N) is 2. The van der Waals surface area contributed by atoms with E-state index in [2.05, 4.69) is 50.3 Å². The standard InChI is InChI=1S/C20H24N6O/c1-2-8-21-20(27)26-11-9-25(10-12-26)19-16-13-17(15-6-4-3-5-7-15)24-18(16)22-14-23-19/h3-7,13-14H,2,8-12H2,1H3,(H,21,27)(H,22,23,24). The minimum Gasteiger partial charge on any atom is -0.352 e. The second-order valence-electron chi connectivity index (χ2n) is 6.71. The van der Waals surface area contributed by atoms with E-state index in [0.717, 1.165) is 54.2 Å². The molecule has 0 aliphatic carbocycles. The molecule has 1 aliphatic heterocycles. The number of hydrogen-bond donors (Lipinski definition) is 2. The van der Waals surface area contributed by atoms with Gasteiger partial charge in [-0.15, -0.1) is 0 Å². The molecule has 2 aromatic heterocycles. The summed E-state index contributed by atoms with van der Waals surface area (Å²) in [6.45, 7) is 5.68. The van der Waals surface area contributed by atoms with E-state index in [4.69, 9.17) is 0 Å².